The molecule has 6 heteroatoms. The van der Waals surface area contributed by atoms with Crippen LogP contribution in [0.15, 0.2) is 109 Å². The van der Waals surface area contributed by atoms with E-state index in [1.54, 1.807) is 4.50 Å². The molecule has 2 aromatic heterocycles. The van der Waals surface area contributed by atoms with Crippen molar-refractivity contribution in [3.05, 3.63) is 160 Å². The van der Waals surface area contributed by atoms with Crippen LogP contribution in [0, 0.1) is 60.3 Å². The Labute approximate surface area is 536 Å². The van der Waals surface area contributed by atoms with Crippen molar-refractivity contribution < 1.29 is 30.0 Å². The number of benzene rings is 5. The van der Waals surface area contributed by atoms with Gasteiger partial charge in [-0.05, 0) is 191 Å². The average molecular weight is 1360 g/mol. The predicted molar refractivity (Wildman–Crippen MR) is 373 cm³/mol. The first kappa shape index (κ1) is 71.3. The van der Waals surface area contributed by atoms with Crippen LogP contribution in [0.4, 0.5) is 0 Å². The molecule has 2 heterocycles. The second kappa shape index (κ2) is 32.2. The molecule has 0 atom stereocenters. The molecular formula is C79H110IrNO2SSi-. The normalized spacial score (nSPS) is 12.5. The van der Waals surface area contributed by atoms with Gasteiger partial charge in [-0.3, -0.25) is 9.78 Å². The standard InChI is InChI=1S/C66H86NSSi.C13H24O2.Ir/c1-17-66(16,18-2)62-41-56(40-55-21-19-20-22-61(55)62)63-64-60(23-24-67-63)48(15)65(68-64)69(57-34-49(25-42(3)4)31-50(35-57)26-43(5)6,58-36-51(27-44(7)8)32-52(37-58)28-45(9)10)59-38-53(29-46(11)12)33-54(39-59)30-47(13)14;1-5-10(6-2)12(14)9-13(15)11(7-3)8-4;/h19-24,31-39,41-47H,17-18,25-30H2,1-16H3;9-11,14H,5-8H2,1-4H3;/q-1;;/b;12-9-;. The van der Waals surface area contributed by atoms with Gasteiger partial charge in [-0.2, -0.15) is 0 Å². The summed E-state index contributed by atoms with van der Waals surface area (Å²) in [7, 11) is -3.16. The molecule has 0 bridgehead atoms. The number of fused-ring (bicyclic) bond motifs is 2. The molecule has 0 saturated heterocycles. The number of carbonyl (C=O) groups is 1. The first-order valence-corrected chi connectivity index (χ1v) is 35.8. The van der Waals surface area contributed by atoms with Crippen LogP contribution in [0.3, 0.4) is 0 Å². The molecule has 3 nitrogen and oxygen atoms in total. The summed E-state index contributed by atoms with van der Waals surface area (Å²) in [5.74, 6) is 3.84. The first-order chi connectivity index (χ1) is 39.8. The third-order valence-electron chi connectivity index (χ3n) is 17.8. The van der Waals surface area contributed by atoms with Crippen molar-refractivity contribution in [1.29, 1.82) is 0 Å². The summed E-state index contributed by atoms with van der Waals surface area (Å²) in [6, 6.07) is 41.6. The Kier molecular flexibility index (Phi) is 27.0. The Morgan fingerprint density at radius 2 is 0.953 bits per heavy atom. The van der Waals surface area contributed by atoms with Crippen molar-refractivity contribution in [1.82, 2.24) is 4.98 Å². The smallest absolute Gasteiger partial charge is 0.191 e. The molecule has 0 aliphatic heterocycles. The number of aliphatic hydroxyl groups is 1. The van der Waals surface area contributed by atoms with Gasteiger partial charge in [-0.1, -0.05) is 215 Å². The molecule has 0 unspecified atom stereocenters. The van der Waals surface area contributed by atoms with E-state index in [9.17, 15) is 9.90 Å². The van der Waals surface area contributed by atoms with Crippen LogP contribution >= 0.6 is 11.3 Å². The summed E-state index contributed by atoms with van der Waals surface area (Å²) in [4.78, 5) is 17.1. The zero-order valence-electron chi connectivity index (χ0n) is 56.5. The van der Waals surface area contributed by atoms with Gasteiger partial charge >= 0.3 is 0 Å². The molecule has 85 heavy (non-hydrogen) atoms. The largest absolute Gasteiger partial charge is 0.512 e. The van der Waals surface area contributed by atoms with E-state index in [2.05, 4.69) is 225 Å². The van der Waals surface area contributed by atoms with E-state index in [-0.39, 0.29) is 48.9 Å². The van der Waals surface area contributed by atoms with Gasteiger partial charge < -0.3 is 5.11 Å². The van der Waals surface area contributed by atoms with E-state index in [4.69, 9.17) is 4.98 Å². The molecule has 7 aromatic rings. The summed E-state index contributed by atoms with van der Waals surface area (Å²) < 4.78 is 2.84. The monoisotopic (exact) mass is 1360 g/mol. The fraction of sp³-hybridized carbons (Fsp3) is 0.519. The Morgan fingerprint density at radius 1 is 0.565 bits per heavy atom. The summed E-state index contributed by atoms with van der Waals surface area (Å²) >= 11 is 2.06. The maximum absolute atomic E-state index is 11.7. The number of nitrogens with zero attached hydrogens (tertiary/aromatic N) is 1. The van der Waals surface area contributed by atoms with Crippen LogP contribution in [-0.4, -0.2) is 23.9 Å². The summed E-state index contributed by atoms with van der Waals surface area (Å²) in [6.45, 7) is 46.4. The Bertz CT molecular complexity index is 3060. The fourth-order valence-electron chi connectivity index (χ4n) is 13.3. The van der Waals surface area contributed by atoms with Crippen LogP contribution in [0.5, 0.6) is 0 Å². The van der Waals surface area contributed by atoms with E-state index in [1.165, 1.54) is 87.0 Å². The molecular weight excluding hydrogens is 1250 g/mol. The number of ketones is 1. The first-order valence-electron chi connectivity index (χ1n) is 33.0. The maximum Gasteiger partial charge on any atom is 0.191 e. The van der Waals surface area contributed by atoms with Crippen LogP contribution in [0.2, 0.25) is 0 Å². The van der Waals surface area contributed by atoms with Crippen molar-refractivity contribution in [2.75, 3.05) is 0 Å². The number of allylic oxidation sites excluding steroid dienone is 2. The van der Waals surface area contributed by atoms with Crippen LogP contribution in [-0.2, 0) is 68.8 Å². The molecule has 0 aliphatic rings. The number of carbonyl (C=O) groups excluding carboxylic acids is 1. The zero-order chi connectivity index (χ0) is 61.8. The maximum atomic E-state index is 11.7. The SMILES string of the molecule is CCC(C)(CC)c1cc(-c2nccc3c(C)c([Si](c4cc(CC(C)C)cc(CC(C)C)c4)(c4cc(CC(C)C)cc(CC(C)C)c4)c4cc(CC(C)C)cc(CC(C)C)c4)sc23)[c-]c2ccccc12.CCC(CC)C(=O)/C=C(\O)C(CC)CC.[Ir]. The number of rotatable bonds is 27. The second-order valence-corrected chi connectivity index (χ2v) is 33.1. The molecule has 7 rings (SSSR count). The van der Waals surface area contributed by atoms with Crippen LogP contribution < -0.4 is 20.1 Å². The van der Waals surface area contributed by atoms with Gasteiger partial charge in [0.25, 0.3) is 0 Å². The molecule has 1 N–H and O–H groups in total. The molecule has 0 aliphatic carbocycles. The van der Waals surface area contributed by atoms with Gasteiger partial charge in [0.2, 0.25) is 0 Å². The van der Waals surface area contributed by atoms with Crippen molar-refractivity contribution in [3.63, 3.8) is 0 Å². The summed E-state index contributed by atoms with van der Waals surface area (Å²) in [6.07, 6.45) is 15.5. The quantitative estimate of drug-likeness (QED) is 0.0184. The van der Waals surface area contributed by atoms with Crippen molar-refractivity contribution in [2.45, 2.75) is 221 Å². The molecule has 0 spiro atoms. The minimum Gasteiger partial charge on any atom is -0.512 e. The van der Waals surface area contributed by atoms with E-state index in [1.807, 2.05) is 27.7 Å². The number of pyridine rings is 1. The van der Waals surface area contributed by atoms with Crippen molar-refractivity contribution in [3.8, 4) is 11.3 Å². The van der Waals surface area contributed by atoms with Gasteiger partial charge in [-0.15, -0.1) is 40.5 Å². The molecule has 463 valence electrons. The van der Waals surface area contributed by atoms with E-state index in [0.717, 1.165) is 88.3 Å². The number of aryl methyl sites for hydroxylation is 1. The summed E-state index contributed by atoms with van der Waals surface area (Å²) in [5, 5.41) is 18.2. The number of aromatic nitrogens is 1. The Hall–Kier alpha value is -4.45. The van der Waals surface area contributed by atoms with Crippen LogP contribution in [0.1, 0.15) is 215 Å². The minimum absolute atomic E-state index is 0. The summed E-state index contributed by atoms with van der Waals surface area (Å²) in [5.41, 5.74) is 13.9. The minimum atomic E-state index is -3.16. The van der Waals surface area contributed by atoms with Crippen LogP contribution in [0.25, 0.3) is 32.1 Å². The molecule has 0 amide bonds. The number of hydrogen-bond acceptors (Lipinski definition) is 4. The molecule has 0 fully saturated rings. The van der Waals surface area contributed by atoms with E-state index in [0.29, 0.717) is 35.5 Å². The molecule has 5 aromatic carbocycles. The van der Waals surface area contributed by atoms with Gasteiger partial charge in [-0.25, -0.2) is 0 Å². The van der Waals surface area contributed by atoms with E-state index < -0.39 is 8.07 Å². The molecule has 0 saturated carbocycles. The third-order valence-corrected chi connectivity index (χ3v) is 24.7. The fourth-order valence-corrected chi connectivity index (χ4v) is 21.3. The van der Waals surface area contributed by atoms with Gasteiger partial charge in [0.15, 0.2) is 13.9 Å². The third kappa shape index (κ3) is 17.7. The Morgan fingerprint density at radius 3 is 1.32 bits per heavy atom. The zero-order valence-corrected chi connectivity index (χ0v) is 60.7. The van der Waals surface area contributed by atoms with Crippen molar-refractivity contribution in [2.24, 2.45) is 47.3 Å². The Balaban J connectivity index is 0.000000725. The van der Waals surface area contributed by atoms with E-state index >= 15 is 0 Å². The van der Waals surface area contributed by atoms with Crippen molar-refractivity contribution >= 4 is 66.1 Å². The van der Waals surface area contributed by atoms with Gasteiger partial charge in [0.05, 0.1) is 5.76 Å². The number of thiophene rings is 1. The topological polar surface area (TPSA) is 50.2 Å². The molecule has 1 radical (unpaired) electrons. The van der Waals surface area contributed by atoms with Gasteiger partial charge in [0.1, 0.15) is 0 Å². The van der Waals surface area contributed by atoms with Gasteiger partial charge in [0, 0.05) is 59.1 Å². The number of hydrogen-bond donors (Lipinski definition) is 1. The second-order valence-electron chi connectivity index (χ2n) is 28.0. The predicted octanol–water partition coefficient (Wildman–Crippen LogP) is 19.7. The average Bonchev–Trinajstić information content (AvgIpc) is 2.47. The number of aliphatic hydroxyl groups excluding tert-OH is 1.